The van der Waals surface area contributed by atoms with Gasteiger partial charge in [0, 0.05) is 12.3 Å². The molecular formula is C6H2F3NO. The molecule has 5 heteroatoms. The van der Waals surface area contributed by atoms with Crippen LogP contribution < -0.4 is 5.32 Å². The van der Waals surface area contributed by atoms with E-state index >= 15 is 0 Å². The lowest BCUT2D eigenvalue weighted by molar-refractivity contribution is -0.130. The predicted molar refractivity (Wildman–Crippen MR) is 29.1 cm³/mol. The second kappa shape index (κ2) is 2.41. The minimum absolute atomic E-state index is 0.579. The third kappa shape index (κ3) is 1.60. The van der Waals surface area contributed by atoms with Gasteiger partial charge in [0.2, 0.25) is 0 Å². The van der Waals surface area contributed by atoms with Crippen molar-refractivity contribution in [2.45, 2.75) is 6.18 Å². The van der Waals surface area contributed by atoms with Gasteiger partial charge in [0.25, 0.3) is 5.91 Å². The minimum atomic E-state index is -4.62. The maximum absolute atomic E-state index is 11.8. The van der Waals surface area contributed by atoms with Crippen molar-refractivity contribution in [3.63, 3.8) is 0 Å². The van der Waals surface area contributed by atoms with Crippen molar-refractivity contribution in [3.05, 3.63) is 23.9 Å². The summed E-state index contributed by atoms with van der Waals surface area (Å²) in [5, 5.41) is 2.91. The predicted octanol–water partition coefficient (Wildman–Crippen LogP) is 0.937. The van der Waals surface area contributed by atoms with Crippen LogP contribution in [0.3, 0.4) is 0 Å². The van der Waals surface area contributed by atoms with Gasteiger partial charge in [0.05, 0.1) is 0 Å². The van der Waals surface area contributed by atoms with Crippen LogP contribution in [0.5, 0.6) is 0 Å². The normalized spacial score (nSPS) is 17.7. The van der Waals surface area contributed by atoms with Gasteiger partial charge in [-0.05, 0) is 6.08 Å². The summed E-state index contributed by atoms with van der Waals surface area (Å²) >= 11 is 0. The fraction of sp³-hybridized carbons (Fsp3) is 0.167. The van der Waals surface area contributed by atoms with Gasteiger partial charge in [0.1, 0.15) is 5.57 Å². The highest BCUT2D eigenvalue weighted by molar-refractivity contribution is 5.96. The van der Waals surface area contributed by atoms with Crippen LogP contribution in [0.2, 0.25) is 0 Å². The van der Waals surface area contributed by atoms with Gasteiger partial charge in [-0.2, -0.15) is 13.2 Å². The molecule has 0 fully saturated rings. The van der Waals surface area contributed by atoms with Crippen molar-refractivity contribution in [3.8, 4) is 0 Å². The molecule has 1 aliphatic rings. The number of hydrogen-bond acceptors (Lipinski definition) is 1. The molecule has 11 heavy (non-hydrogen) atoms. The van der Waals surface area contributed by atoms with E-state index in [9.17, 15) is 18.0 Å². The van der Waals surface area contributed by atoms with Gasteiger partial charge in [-0.15, -0.1) is 0 Å². The number of halogens is 3. The third-order valence-corrected chi connectivity index (χ3v) is 1.02. The number of carbonyl (C=O) groups is 1. The number of alkyl halides is 3. The Morgan fingerprint density at radius 3 is 2.45 bits per heavy atom. The summed E-state index contributed by atoms with van der Waals surface area (Å²) in [6.07, 6.45) is -1.07. The zero-order chi connectivity index (χ0) is 8.48. The van der Waals surface area contributed by atoms with Gasteiger partial charge < -0.3 is 0 Å². The van der Waals surface area contributed by atoms with Crippen LogP contribution >= 0.6 is 0 Å². The van der Waals surface area contributed by atoms with E-state index in [4.69, 9.17) is 0 Å². The Bertz CT molecular complexity index is 239. The molecule has 0 aromatic heterocycles. The van der Waals surface area contributed by atoms with E-state index in [1.165, 1.54) is 0 Å². The zero-order valence-electron chi connectivity index (χ0n) is 5.14. The van der Waals surface area contributed by atoms with Gasteiger partial charge in [-0.3, -0.25) is 4.79 Å². The quantitative estimate of drug-likeness (QED) is 0.520. The highest BCUT2D eigenvalue weighted by atomic mass is 19.4. The monoisotopic (exact) mass is 161 g/mol. The first-order valence-electron chi connectivity index (χ1n) is 2.62. The summed E-state index contributed by atoms with van der Waals surface area (Å²) in [7, 11) is 0. The van der Waals surface area contributed by atoms with Crippen LogP contribution in [0.1, 0.15) is 0 Å². The number of carbonyl (C=O) groups excluding carboxylic acids is 1. The third-order valence-electron chi connectivity index (χ3n) is 1.02. The van der Waals surface area contributed by atoms with Crippen molar-refractivity contribution >= 4 is 5.91 Å². The van der Waals surface area contributed by atoms with Gasteiger partial charge in [-0.25, -0.2) is 5.32 Å². The fourth-order valence-electron chi connectivity index (χ4n) is 0.551. The number of amides is 1. The SMILES string of the molecule is O=C1[N]C=[C]C=C1C(F)(F)F. The molecule has 0 unspecified atom stereocenters. The lowest BCUT2D eigenvalue weighted by Crippen LogP contribution is -2.26. The summed E-state index contributed by atoms with van der Waals surface area (Å²) in [6, 6.07) is 0. The van der Waals surface area contributed by atoms with Crippen LogP contribution in [-0.4, -0.2) is 12.1 Å². The van der Waals surface area contributed by atoms with Crippen LogP contribution in [0.15, 0.2) is 17.8 Å². The fourth-order valence-corrected chi connectivity index (χ4v) is 0.551. The number of rotatable bonds is 0. The maximum atomic E-state index is 11.8. The molecule has 1 aliphatic heterocycles. The van der Waals surface area contributed by atoms with Crippen molar-refractivity contribution in [1.82, 2.24) is 5.32 Å². The number of hydrogen-bond donors (Lipinski definition) is 0. The number of allylic oxidation sites excluding steroid dienone is 2. The van der Waals surface area contributed by atoms with Crippen molar-refractivity contribution in [1.29, 1.82) is 0 Å². The van der Waals surface area contributed by atoms with Crippen LogP contribution in [0.25, 0.3) is 0 Å². The summed E-state index contributed by atoms with van der Waals surface area (Å²) in [4.78, 5) is 10.4. The lowest BCUT2D eigenvalue weighted by atomic mass is 10.2. The molecule has 0 aromatic rings. The Balaban J connectivity index is 2.93. The van der Waals surface area contributed by atoms with Crippen molar-refractivity contribution in [2.75, 3.05) is 0 Å². The number of nitrogens with zero attached hydrogens (tertiary/aromatic N) is 1. The van der Waals surface area contributed by atoms with Crippen LogP contribution in [-0.2, 0) is 4.79 Å². The Hall–Kier alpha value is -1.26. The van der Waals surface area contributed by atoms with Gasteiger partial charge >= 0.3 is 6.18 Å². The lowest BCUT2D eigenvalue weighted by Gasteiger charge is -2.09. The smallest absolute Gasteiger partial charge is 0.267 e. The Morgan fingerprint density at radius 1 is 1.45 bits per heavy atom. The first kappa shape index (κ1) is 7.84. The molecule has 1 amide bonds. The molecule has 0 aliphatic carbocycles. The van der Waals surface area contributed by atoms with Gasteiger partial charge in [0.15, 0.2) is 0 Å². The van der Waals surface area contributed by atoms with Gasteiger partial charge in [-0.1, -0.05) is 0 Å². The van der Waals surface area contributed by atoms with Crippen LogP contribution in [0.4, 0.5) is 13.2 Å². The van der Waals surface area contributed by atoms with E-state index in [0.29, 0.717) is 6.08 Å². The Labute approximate surface area is 60.4 Å². The molecule has 1 heterocycles. The van der Waals surface area contributed by atoms with E-state index in [1.807, 2.05) is 0 Å². The molecule has 0 saturated carbocycles. The average Bonchev–Trinajstić information content (AvgIpc) is 1.86. The van der Waals surface area contributed by atoms with Crippen molar-refractivity contribution in [2.24, 2.45) is 0 Å². The second-order valence-corrected chi connectivity index (χ2v) is 1.79. The van der Waals surface area contributed by atoms with E-state index in [1.54, 1.807) is 0 Å². The van der Waals surface area contributed by atoms with E-state index < -0.39 is 17.7 Å². The first-order chi connectivity index (χ1) is 5.02. The van der Waals surface area contributed by atoms with Crippen LogP contribution in [0, 0.1) is 6.08 Å². The molecule has 0 saturated heterocycles. The molecule has 0 atom stereocenters. The molecule has 0 aromatic carbocycles. The first-order valence-corrected chi connectivity index (χ1v) is 2.62. The molecule has 2 nitrogen and oxygen atoms in total. The maximum Gasteiger partial charge on any atom is 0.421 e. The molecular weight excluding hydrogens is 159 g/mol. The second-order valence-electron chi connectivity index (χ2n) is 1.79. The zero-order valence-corrected chi connectivity index (χ0v) is 5.14. The summed E-state index contributed by atoms with van der Waals surface area (Å²) in [6.45, 7) is 0. The summed E-state index contributed by atoms with van der Waals surface area (Å²) in [5.74, 6) is -1.27. The minimum Gasteiger partial charge on any atom is -0.267 e. The summed E-state index contributed by atoms with van der Waals surface area (Å²) in [5.41, 5.74) is -1.28. The largest absolute Gasteiger partial charge is 0.421 e. The molecule has 0 spiro atoms. The van der Waals surface area contributed by atoms with E-state index in [0.717, 1.165) is 6.20 Å². The summed E-state index contributed by atoms with van der Waals surface area (Å²) < 4.78 is 35.4. The van der Waals surface area contributed by atoms with Crippen molar-refractivity contribution < 1.29 is 18.0 Å². The molecule has 2 radical (unpaired) electrons. The highest BCUT2D eigenvalue weighted by Gasteiger charge is 2.39. The van der Waals surface area contributed by atoms with E-state index in [-0.39, 0.29) is 0 Å². The standard InChI is InChI=1S/C6H2F3NO/c7-6(8,9)4-2-1-3-10-5(4)11/h2-3H. The topological polar surface area (TPSA) is 31.2 Å². The molecule has 58 valence electrons. The molecule has 1 rings (SSSR count). The van der Waals surface area contributed by atoms with E-state index in [2.05, 4.69) is 11.4 Å². The Kier molecular flexibility index (Phi) is 1.72. The molecule has 0 bridgehead atoms. The Morgan fingerprint density at radius 2 is 2.09 bits per heavy atom. The highest BCUT2D eigenvalue weighted by Crippen LogP contribution is 2.26. The average molecular weight is 161 g/mol. The molecule has 0 N–H and O–H groups in total.